The van der Waals surface area contributed by atoms with Gasteiger partial charge in [-0.15, -0.1) is 0 Å². The first-order valence-corrected chi connectivity index (χ1v) is 9.76. The summed E-state index contributed by atoms with van der Waals surface area (Å²) < 4.78 is 11.2. The minimum Gasteiger partial charge on any atom is -0.460 e. The Labute approximate surface area is 164 Å². The van der Waals surface area contributed by atoms with Crippen LogP contribution in [-0.4, -0.2) is 47.0 Å². The number of piperazine rings is 1. The second-order valence-electron chi connectivity index (χ2n) is 7.16. The van der Waals surface area contributed by atoms with Crippen LogP contribution in [0.4, 0.5) is 0 Å². The van der Waals surface area contributed by atoms with Gasteiger partial charge in [-0.2, -0.15) is 0 Å². The van der Waals surface area contributed by atoms with Gasteiger partial charge in [0.2, 0.25) is 5.91 Å². The van der Waals surface area contributed by atoms with Crippen molar-refractivity contribution in [3.05, 3.63) is 59.2 Å². The number of carbonyl (C=O) groups excluding carboxylic acids is 1. The molecule has 146 valence electrons. The van der Waals surface area contributed by atoms with Crippen molar-refractivity contribution in [2.24, 2.45) is 0 Å². The smallest absolute Gasteiger partial charge is 0.246 e. The molecule has 3 heterocycles. The van der Waals surface area contributed by atoms with Crippen LogP contribution in [0.3, 0.4) is 0 Å². The molecule has 0 aliphatic carbocycles. The monoisotopic (exact) mass is 379 g/mol. The van der Waals surface area contributed by atoms with Crippen LogP contribution in [-0.2, 0) is 17.8 Å². The fraction of sp³-hybridized carbons (Fsp3) is 0.364. The Hall–Kier alpha value is -2.86. The highest BCUT2D eigenvalue weighted by Gasteiger charge is 2.21. The molecule has 1 aromatic carbocycles. The second-order valence-corrected chi connectivity index (χ2v) is 7.16. The number of fused-ring (bicyclic) bond motifs is 1. The number of benzene rings is 1. The number of aryl methyl sites for hydroxylation is 2. The molecule has 0 spiro atoms. The highest BCUT2D eigenvalue weighted by atomic mass is 16.5. The normalized spacial score (nSPS) is 15.7. The number of hydrogen-bond acceptors (Lipinski definition) is 5. The average Bonchev–Trinajstić information content (AvgIpc) is 3.29. The van der Waals surface area contributed by atoms with Gasteiger partial charge >= 0.3 is 0 Å². The lowest BCUT2D eigenvalue weighted by molar-refractivity contribution is -0.127. The Balaban J connectivity index is 1.38. The summed E-state index contributed by atoms with van der Waals surface area (Å²) in [5.41, 5.74) is 2.76. The fourth-order valence-corrected chi connectivity index (χ4v) is 3.66. The molecule has 1 fully saturated rings. The molecule has 4 rings (SSSR count). The van der Waals surface area contributed by atoms with Crippen LogP contribution in [0.1, 0.15) is 29.7 Å². The summed E-state index contributed by atoms with van der Waals surface area (Å²) in [5.74, 6) is 1.83. The third-order valence-corrected chi connectivity index (χ3v) is 5.16. The Kier molecular flexibility index (Phi) is 5.30. The van der Waals surface area contributed by atoms with E-state index in [9.17, 15) is 4.79 Å². The summed E-state index contributed by atoms with van der Waals surface area (Å²) in [5, 5.41) is 4.98. The van der Waals surface area contributed by atoms with Crippen LogP contribution in [0, 0.1) is 6.92 Å². The van der Waals surface area contributed by atoms with E-state index in [4.69, 9.17) is 8.94 Å². The van der Waals surface area contributed by atoms with Gasteiger partial charge in [0.1, 0.15) is 11.3 Å². The van der Waals surface area contributed by atoms with Crippen LogP contribution in [0.5, 0.6) is 0 Å². The highest BCUT2D eigenvalue weighted by molar-refractivity contribution is 5.96. The zero-order chi connectivity index (χ0) is 19.5. The number of rotatable bonds is 5. The Bertz CT molecular complexity index is 994. The molecule has 1 aliphatic heterocycles. The summed E-state index contributed by atoms with van der Waals surface area (Å²) in [6.07, 6.45) is 4.37. The molecule has 28 heavy (non-hydrogen) atoms. The van der Waals surface area contributed by atoms with Gasteiger partial charge < -0.3 is 13.8 Å². The molecule has 0 unspecified atom stereocenters. The van der Waals surface area contributed by atoms with Crippen LogP contribution in [0.15, 0.2) is 45.3 Å². The lowest BCUT2D eigenvalue weighted by atomic mass is 10.1. The standard InChI is InChI=1S/C22H25N3O3/c1-3-20-19(18-6-4-5-7-21(18)27-20)8-9-22(26)25-12-10-24(11-13-25)15-17-14-16(2)23-28-17/h4-9,14H,3,10-13,15H2,1-2H3/b9-8+. The third-order valence-electron chi connectivity index (χ3n) is 5.16. The molecule has 0 radical (unpaired) electrons. The minimum atomic E-state index is 0.0440. The van der Waals surface area contributed by atoms with Gasteiger partial charge in [-0.1, -0.05) is 30.3 Å². The topological polar surface area (TPSA) is 62.7 Å². The molecule has 0 bridgehead atoms. The summed E-state index contributed by atoms with van der Waals surface area (Å²) >= 11 is 0. The Morgan fingerprint density at radius 2 is 2.00 bits per heavy atom. The molecular weight excluding hydrogens is 354 g/mol. The number of aromatic nitrogens is 1. The summed E-state index contributed by atoms with van der Waals surface area (Å²) in [4.78, 5) is 16.8. The molecule has 1 aliphatic rings. The number of para-hydroxylation sites is 1. The van der Waals surface area contributed by atoms with Gasteiger partial charge in [-0.05, 0) is 19.1 Å². The number of carbonyl (C=O) groups is 1. The highest BCUT2D eigenvalue weighted by Crippen LogP contribution is 2.27. The van der Waals surface area contributed by atoms with Crippen molar-refractivity contribution in [1.82, 2.24) is 15.0 Å². The maximum Gasteiger partial charge on any atom is 0.246 e. The van der Waals surface area contributed by atoms with Gasteiger partial charge in [-0.25, -0.2) is 0 Å². The van der Waals surface area contributed by atoms with Crippen LogP contribution < -0.4 is 0 Å². The Morgan fingerprint density at radius 3 is 2.71 bits per heavy atom. The zero-order valence-corrected chi connectivity index (χ0v) is 16.4. The van der Waals surface area contributed by atoms with Gasteiger partial charge in [0, 0.05) is 55.7 Å². The quantitative estimate of drug-likeness (QED) is 0.633. The lowest BCUT2D eigenvalue weighted by Gasteiger charge is -2.33. The van der Waals surface area contributed by atoms with E-state index in [1.807, 2.05) is 48.2 Å². The first-order chi connectivity index (χ1) is 13.6. The van der Waals surface area contributed by atoms with E-state index in [-0.39, 0.29) is 5.91 Å². The molecular formula is C22H25N3O3. The SMILES string of the molecule is CCc1oc2ccccc2c1/C=C/C(=O)N1CCN(Cc2cc(C)no2)CC1. The van der Waals surface area contributed by atoms with Gasteiger partial charge in [0.15, 0.2) is 5.76 Å². The molecule has 0 atom stereocenters. The van der Waals surface area contributed by atoms with Crippen molar-refractivity contribution in [2.75, 3.05) is 26.2 Å². The number of hydrogen-bond donors (Lipinski definition) is 0. The predicted molar refractivity (Wildman–Crippen MR) is 108 cm³/mol. The van der Waals surface area contributed by atoms with Crippen molar-refractivity contribution in [3.8, 4) is 0 Å². The number of furan rings is 1. The van der Waals surface area contributed by atoms with E-state index >= 15 is 0 Å². The second kappa shape index (κ2) is 8.02. The minimum absolute atomic E-state index is 0.0440. The number of amides is 1. The largest absolute Gasteiger partial charge is 0.460 e. The van der Waals surface area contributed by atoms with E-state index in [0.717, 1.165) is 59.8 Å². The average molecular weight is 379 g/mol. The van der Waals surface area contributed by atoms with Crippen molar-refractivity contribution in [1.29, 1.82) is 0 Å². The summed E-state index contributed by atoms with van der Waals surface area (Å²) in [7, 11) is 0. The van der Waals surface area contributed by atoms with E-state index in [0.29, 0.717) is 13.1 Å². The van der Waals surface area contributed by atoms with Crippen LogP contribution >= 0.6 is 0 Å². The van der Waals surface area contributed by atoms with E-state index in [1.165, 1.54) is 0 Å². The molecule has 1 saturated heterocycles. The van der Waals surface area contributed by atoms with Gasteiger partial charge in [0.25, 0.3) is 0 Å². The van der Waals surface area contributed by atoms with Crippen molar-refractivity contribution >= 4 is 23.0 Å². The van der Waals surface area contributed by atoms with Crippen LogP contribution in [0.25, 0.3) is 17.0 Å². The van der Waals surface area contributed by atoms with E-state index < -0.39 is 0 Å². The summed E-state index contributed by atoms with van der Waals surface area (Å²) in [6, 6.07) is 9.91. The zero-order valence-electron chi connectivity index (χ0n) is 16.4. The predicted octanol–water partition coefficient (Wildman–Crippen LogP) is 3.65. The maximum atomic E-state index is 12.7. The molecule has 0 saturated carbocycles. The van der Waals surface area contributed by atoms with Gasteiger partial charge in [0.05, 0.1) is 12.2 Å². The fourth-order valence-electron chi connectivity index (χ4n) is 3.66. The lowest BCUT2D eigenvalue weighted by Crippen LogP contribution is -2.47. The molecule has 3 aromatic rings. The molecule has 0 N–H and O–H groups in total. The first kappa shape index (κ1) is 18.5. The molecule has 1 amide bonds. The summed E-state index contributed by atoms with van der Waals surface area (Å²) in [6.45, 7) is 7.79. The van der Waals surface area contributed by atoms with E-state index in [1.54, 1.807) is 6.08 Å². The Morgan fingerprint density at radius 1 is 1.21 bits per heavy atom. The maximum absolute atomic E-state index is 12.7. The van der Waals surface area contributed by atoms with Gasteiger partial charge in [-0.3, -0.25) is 9.69 Å². The van der Waals surface area contributed by atoms with Crippen molar-refractivity contribution in [2.45, 2.75) is 26.8 Å². The van der Waals surface area contributed by atoms with Crippen molar-refractivity contribution in [3.63, 3.8) is 0 Å². The molecule has 6 heteroatoms. The molecule has 6 nitrogen and oxygen atoms in total. The van der Waals surface area contributed by atoms with E-state index in [2.05, 4.69) is 17.0 Å². The van der Waals surface area contributed by atoms with Crippen LogP contribution in [0.2, 0.25) is 0 Å². The van der Waals surface area contributed by atoms with Crippen molar-refractivity contribution < 1.29 is 13.7 Å². The molecule has 2 aromatic heterocycles. The first-order valence-electron chi connectivity index (χ1n) is 9.76. The number of nitrogens with zero attached hydrogens (tertiary/aromatic N) is 3. The third kappa shape index (κ3) is 3.87.